The first-order chi connectivity index (χ1) is 10.5. The predicted molar refractivity (Wildman–Crippen MR) is 84.5 cm³/mol. The molecule has 0 saturated carbocycles. The average Bonchev–Trinajstić information content (AvgIpc) is 2.53. The van der Waals surface area contributed by atoms with E-state index in [2.05, 4.69) is 12.2 Å². The molecule has 0 radical (unpaired) electrons. The highest BCUT2D eigenvalue weighted by atomic mass is 16.6. The Kier molecular flexibility index (Phi) is 4.00. The van der Waals surface area contributed by atoms with Crippen molar-refractivity contribution in [2.24, 2.45) is 0 Å². The van der Waals surface area contributed by atoms with Crippen molar-refractivity contribution in [1.29, 1.82) is 0 Å². The van der Waals surface area contributed by atoms with E-state index in [1.807, 2.05) is 36.9 Å². The molecule has 0 spiro atoms. The largest absolute Gasteiger partial charge is 0.486 e. The number of carbonyl (C=O) groups excluding carboxylic acids is 1. The first kappa shape index (κ1) is 15.2. The number of piperazine rings is 1. The molecule has 2 aliphatic heterocycles. The maximum Gasteiger partial charge on any atom is 0.232 e. The molecule has 1 fully saturated rings. The van der Waals surface area contributed by atoms with Crippen molar-refractivity contribution in [2.75, 3.05) is 32.8 Å². The molecule has 5 heteroatoms. The lowest BCUT2D eigenvalue weighted by Gasteiger charge is -2.37. The summed E-state index contributed by atoms with van der Waals surface area (Å²) in [6.45, 7) is 9.57. The molecule has 120 valence electrons. The van der Waals surface area contributed by atoms with Crippen LogP contribution in [0.25, 0.3) is 0 Å². The Balaban J connectivity index is 1.83. The smallest absolute Gasteiger partial charge is 0.232 e. The molecular formula is C17H24N2O3. The Labute approximate surface area is 131 Å². The zero-order valence-electron chi connectivity index (χ0n) is 13.5. The van der Waals surface area contributed by atoms with Gasteiger partial charge in [-0.15, -0.1) is 0 Å². The maximum atomic E-state index is 13.0. The minimum Gasteiger partial charge on any atom is -0.486 e. The normalized spacial score (nSPS) is 21.6. The monoisotopic (exact) mass is 304 g/mol. The van der Waals surface area contributed by atoms with Crippen LogP contribution in [0.15, 0.2) is 18.2 Å². The van der Waals surface area contributed by atoms with Crippen molar-refractivity contribution >= 4 is 5.91 Å². The molecule has 1 aromatic carbocycles. The summed E-state index contributed by atoms with van der Waals surface area (Å²) in [5, 5.41) is 3.37. The van der Waals surface area contributed by atoms with Crippen molar-refractivity contribution in [2.45, 2.75) is 32.2 Å². The number of ether oxygens (including phenoxy) is 2. The van der Waals surface area contributed by atoms with Crippen molar-refractivity contribution in [1.82, 2.24) is 10.2 Å². The third kappa shape index (κ3) is 2.77. The highest BCUT2D eigenvalue weighted by Crippen LogP contribution is 2.36. The number of hydrogen-bond acceptors (Lipinski definition) is 4. The van der Waals surface area contributed by atoms with Gasteiger partial charge in [0.1, 0.15) is 13.2 Å². The van der Waals surface area contributed by atoms with Crippen LogP contribution in [-0.4, -0.2) is 49.7 Å². The van der Waals surface area contributed by atoms with Gasteiger partial charge in [0.05, 0.1) is 5.41 Å². The van der Waals surface area contributed by atoms with Gasteiger partial charge in [-0.25, -0.2) is 0 Å². The fourth-order valence-electron chi connectivity index (χ4n) is 3.07. The minimum absolute atomic E-state index is 0.164. The molecule has 1 saturated heterocycles. The summed E-state index contributed by atoms with van der Waals surface area (Å²) in [6.07, 6.45) is 0. The first-order valence-corrected chi connectivity index (χ1v) is 7.91. The van der Waals surface area contributed by atoms with Gasteiger partial charge in [-0.1, -0.05) is 6.07 Å². The summed E-state index contributed by atoms with van der Waals surface area (Å²) in [4.78, 5) is 14.9. The standard InChI is InChI=1S/C17H24N2O3/c1-12-11-19(7-6-18-12)16(20)17(2,3)13-4-5-14-15(10-13)22-9-8-21-14/h4-5,10,12,18H,6-9,11H2,1-3H3. The quantitative estimate of drug-likeness (QED) is 0.901. The third-order valence-corrected chi connectivity index (χ3v) is 4.45. The van der Waals surface area contributed by atoms with Crippen LogP contribution >= 0.6 is 0 Å². The van der Waals surface area contributed by atoms with Crippen LogP contribution < -0.4 is 14.8 Å². The molecule has 1 N–H and O–H groups in total. The lowest BCUT2D eigenvalue weighted by atomic mass is 9.82. The molecule has 22 heavy (non-hydrogen) atoms. The van der Waals surface area contributed by atoms with Crippen LogP contribution in [0.4, 0.5) is 0 Å². The van der Waals surface area contributed by atoms with Gasteiger partial charge in [-0.2, -0.15) is 0 Å². The van der Waals surface area contributed by atoms with Crippen LogP contribution in [0.3, 0.4) is 0 Å². The molecule has 2 aliphatic rings. The van der Waals surface area contributed by atoms with Crippen molar-refractivity contribution in [3.05, 3.63) is 23.8 Å². The molecule has 0 aliphatic carbocycles. The van der Waals surface area contributed by atoms with E-state index in [-0.39, 0.29) is 5.91 Å². The van der Waals surface area contributed by atoms with E-state index in [0.717, 1.165) is 36.7 Å². The predicted octanol–water partition coefficient (Wildman–Crippen LogP) is 1.56. The fourth-order valence-corrected chi connectivity index (χ4v) is 3.07. The minimum atomic E-state index is -0.576. The van der Waals surface area contributed by atoms with E-state index in [0.29, 0.717) is 19.3 Å². The number of nitrogens with one attached hydrogen (secondary N) is 1. The van der Waals surface area contributed by atoms with E-state index < -0.39 is 5.41 Å². The molecule has 1 amide bonds. The SMILES string of the molecule is CC1CN(C(=O)C(C)(C)c2ccc3c(c2)OCCO3)CCN1. The summed E-state index contributed by atoms with van der Waals surface area (Å²) in [6, 6.07) is 6.16. The topological polar surface area (TPSA) is 50.8 Å². The number of carbonyl (C=O) groups is 1. The van der Waals surface area contributed by atoms with E-state index >= 15 is 0 Å². The summed E-state index contributed by atoms with van der Waals surface area (Å²) < 4.78 is 11.2. The van der Waals surface area contributed by atoms with Gasteiger partial charge in [-0.05, 0) is 38.5 Å². The Bertz CT molecular complexity index is 571. The van der Waals surface area contributed by atoms with Crippen molar-refractivity contribution < 1.29 is 14.3 Å². The zero-order valence-corrected chi connectivity index (χ0v) is 13.5. The number of nitrogens with zero attached hydrogens (tertiary/aromatic N) is 1. The van der Waals surface area contributed by atoms with Crippen LogP contribution in [0.5, 0.6) is 11.5 Å². The van der Waals surface area contributed by atoms with Crippen molar-refractivity contribution in [3.8, 4) is 11.5 Å². The molecule has 1 atom stereocenters. The van der Waals surface area contributed by atoms with Gasteiger partial charge in [0.25, 0.3) is 0 Å². The molecule has 0 aromatic heterocycles. The summed E-state index contributed by atoms with van der Waals surface area (Å²) in [5.41, 5.74) is 0.389. The number of fused-ring (bicyclic) bond motifs is 1. The second kappa shape index (κ2) is 5.80. The van der Waals surface area contributed by atoms with Gasteiger partial charge in [-0.3, -0.25) is 4.79 Å². The second-order valence-corrected chi connectivity index (χ2v) is 6.59. The second-order valence-electron chi connectivity index (χ2n) is 6.59. The summed E-state index contributed by atoms with van der Waals surface area (Å²) in [7, 11) is 0. The molecule has 2 heterocycles. The number of rotatable bonds is 2. The van der Waals surface area contributed by atoms with E-state index in [1.54, 1.807) is 0 Å². The Morgan fingerprint density at radius 2 is 2.00 bits per heavy atom. The van der Waals surface area contributed by atoms with E-state index in [9.17, 15) is 4.79 Å². The first-order valence-electron chi connectivity index (χ1n) is 7.91. The summed E-state index contributed by atoms with van der Waals surface area (Å²) >= 11 is 0. The lowest BCUT2D eigenvalue weighted by Crippen LogP contribution is -2.55. The van der Waals surface area contributed by atoms with Gasteiger partial charge in [0.2, 0.25) is 5.91 Å². The maximum absolute atomic E-state index is 13.0. The summed E-state index contributed by atoms with van der Waals surface area (Å²) in [5.74, 6) is 1.66. The molecule has 3 rings (SSSR count). The fraction of sp³-hybridized carbons (Fsp3) is 0.588. The van der Waals surface area contributed by atoms with Crippen molar-refractivity contribution in [3.63, 3.8) is 0 Å². The van der Waals surface area contributed by atoms with E-state index in [4.69, 9.17) is 9.47 Å². The van der Waals surface area contributed by atoms with Gasteiger partial charge >= 0.3 is 0 Å². The van der Waals surface area contributed by atoms with Crippen LogP contribution in [0.1, 0.15) is 26.3 Å². The Hall–Kier alpha value is -1.75. The number of benzene rings is 1. The molecule has 0 bridgehead atoms. The van der Waals surface area contributed by atoms with Crippen LogP contribution in [0.2, 0.25) is 0 Å². The van der Waals surface area contributed by atoms with E-state index in [1.165, 1.54) is 0 Å². The number of amides is 1. The lowest BCUT2D eigenvalue weighted by molar-refractivity contribution is -0.137. The highest BCUT2D eigenvalue weighted by molar-refractivity contribution is 5.87. The average molecular weight is 304 g/mol. The highest BCUT2D eigenvalue weighted by Gasteiger charge is 2.36. The molecule has 5 nitrogen and oxygen atoms in total. The molecular weight excluding hydrogens is 280 g/mol. The van der Waals surface area contributed by atoms with Crippen LogP contribution in [-0.2, 0) is 10.2 Å². The zero-order chi connectivity index (χ0) is 15.7. The Morgan fingerprint density at radius 3 is 2.73 bits per heavy atom. The third-order valence-electron chi connectivity index (χ3n) is 4.45. The number of hydrogen-bond donors (Lipinski definition) is 1. The Morgan fingerprint density at radius 1 is 1.27 bits per heavy atom. The molecule has 1 aromatic rings. The van der Waals surface area contributed by atoms with Gasteiger partial charge < -0.3 is 19.7 Å². The van der Waals surface area contributed by atoms with Gasteiger partial charge in [0, 0.05) is 25.7 Å². The van der Waals surface area contributed by atoms with Crippen LogP contribution in [0, 0.1) is 0 Å². The molecule has 1 unspecified atom stereocenters. The van der Waals surface area contributed by atoms with Gasteiger partial charge in [0.15, 0.2) is 11.5 Å².